The molecule has 45 heavy (non-hydrogen) atoms. The van der Waals surface area contributed by atoms with E-state index in [-0.39, 0.29) is 42.3 Å². The molecule has 1 amide bonds. The number of methoxy groups -OCH3 is 2. The molecule has 0 aliphatic heterocycles. The summed E-state index contributed by atoms with van der Waals surface area (Å²) in [5, 5.41) is 13.9. The Hall–Kier alpha value is -2.40. The van der Waals surface area contributed by atoms with Crippen LogP contribution in [0.15, 0.2) is 18.2 Å². The van der Waals surface area contributed by atoms with Crippen LogP contribution in [0.25, 0.3) is 0 Å². The first-order valence-corrected chi connectivity index (χ1v) is 16.7. The number of aliphatic hydroxyl groups is 1. The van der Waals surface area contributed by atoms with Crippen molar-refractivity contribution in [2.24, 2.45) is 40.6 Å². The number of esters is 1. The standard InChI is InChI=1S/C35H61N3O7/c1-22(2)25(18-24-10-15-30(43-8)31(19-24)44-17-9-16-42-7)20-28(36)29(39)21-38-34(41)35(5,6)26-11-13-27(14-12-26)45-33(40)32(37)23(3)4/h10,15,19,22-23,25-29,32,39H,9,11-14,16-18,20-21,36-37H2,1-8H3,(H,38,41)/t25-,26-,27-,28-,29-,32-/m0/s1. The molecule has 1 fully saturated rings. The van der Waals surface area contributed by atoms with E-state index in [9.17, 15) is 14.7 Å². The lowest BCUT2D eigenvalue weighted by Gasteiger charge is -2.38. The highest BCUT2D eigenvalue weighted by molar-refractivity contribution is 5.82. The van der Waals surface area contributed by atoms with Crippen molar-refractivity contribution in [2.75, 3.05) is 34.0 Å². The van der Waals surface area contributed by atoms with E-state index in [2.05, 4.69) is 19.2 Å². The number of benzene rings is 1. The maximum absolute atomic E-state index is 13.3. The SMILES string of the molecule is COCCCOc1cc(C[C@@H](C[C@H](N)[C@@H](O)CNC(=O)C(C)(C)[C@H]2CC[C@H](OC(=O)[C@@H](N)C(C)C)CC2)C(C)C)ccc1OC. The molecule has 0 spiro atoms. The fourth-order valence-corrected chi connectivity index (χ4v) is 5.93. The Balaban J connectivity index is 1.89. The molecule has 0 unspecified atom stereocenters. The summed E-state index contributed by atoms with van der Waals surface area (Å²) >= 11 is 0. The molecular formula is C35H61N3O7. The molecule has 1 aliphatic carbocycles. The molecule has 1 aromatic carbocycles. The molecule has 2 rings (SSSR count). The third-order valence-electron chi connectivity index (χ3n) is 9.51. The predicted octanol–water partition coefficient (Wildman–Crippen LogP) is 4.23. The average Bonchev–Trinajstić information content (AvgIpc) is 3.01. The molecule has 0 radical (unpaired) electrons. The summed E-state index contributed by atoms with van der Waals surface area (Å²) in [6, 6.07) is 4.86. The first-order valence-electron chi connectivity index (χ1n) is 16.7. The average molecular weight is 636 g/mol. The molecule has 4 atom stereocenters. The van der Waals surface area contributed by atoms with Crippen LogP contribution in [0.1, 0.15) is 85.6 Å². The predicted molar refractivity (Wildman–Crippen MR) is 177 cm³/mol. The number of rotatable bonds is 19. The fourth-order valence-electron chi connectivity index (χ4n) is 5.93. The fraction of sp³-hybridized carbons (Fsp3) is 0.771. The van der Waals surface area contributed by atoms with Crippen LogP contribution < -0.4 is 26.3 Å². The highest BCUT2D eigenvalue weighted by atomic mass is 16.5. The molecule has 1 aromatic rings. The second-order valence-corrected chi connectivity index (χ2v) is 14.0. The Kier molecular flexibility index (Phi) is 16.1. The van der Waals surface area contributed by atoms with Gasteiger partial charge in [-0.05, 0) is 79.9 Å². The summed E-state index contributed by atoms with van der Waals surface area (Å²) in [7, 11) is 3.30. The molecule has 1 saturated carbocycles. The summed E-state index contributed by atoms with van der Waals surface area (Å²) in [5.74, 6) is 1.64. The normalized spacial score (nSPS) is 19.9. The van der Waals surface area contributed by atoms with Crippen molar-refractivity contribution in [3.63, 3.8) is 0 Å². The van der Waals surface area contributed by atoms with Gasteiger partial charge in [-0.3, -0.25) is 9.59 Å². The van der Waals surface area contributed by atoms with Gasteiger partial charge in [-0.25, -0.2) is 0 Å². The van der Waals surface area contributed by atoms with Crippen molar-refractivity contribution in [1.29, 1.82) is 0 Å². The molecule has 0 aromatic heterocycles. The number of hydrogen-bond donors (Lipinski definition) is 4. The Labute approximate surface area is 271 Å². The number of carbonyl (C=O) groups is 2. The maximum Gasteiger partial charge on any atom is 0.323 e. The van der Waals surface area contributed by atoms with Gasteiger partial charge in [0.25, 0.3) is 0 Å². The van der Waals surface area contributed by atoms with Crippen LogP contribution in [0.5, 0.6) is 11.5 Å². The number of nitrogens with one attached hydrogen (secondary N) is 1. The lowest BCUT2D eigenvalue weighted by Crippen LogP contribution is -2.49. The van der Waals surface area contributed by atoms with Gasteiger partial charge in [-0.15, -0.1) is 0 Å². The van der Waals surface area contributed by atoms with E-state index in [1.165, 1.54) is 0 Å². The van der Waals surface area contributed by atoms with Gasteiger partial charge in [-0.1, -0.05) is 47.6 Å². The van der Waals surface area contributed by atoms with Crippen molar-refractivity contribution >= 4 is 11.9 Å². The number of ether oxygens (including phenoxy) is 4. The molecule has 1 aliphatic rings. The summed E-state index contributed by atoms with van der Waals surface area (Å²) in [6.07, 6.45) is 4.10. The van der Waals surface area contributed by atoms with Crippen LogP contribution in [0.3, 0.4) is 0 Å². The second-order valence-electron chi connectivity index (χ2n) is 14.0. The number of amides is 1. The minimum atomic E-state index is -0.873. The zero-order valence-corrected chi connectivity index (χ0v) is 29.0. The van der Waals surface area contributed by atoms with Crippen LogP contribution in [0.4, 0.5) is 0 Å². The summed E-state index contributed by atoms with van der Waals surface area (Å²) in [5.41, 5.74) is 12.9. The quantitative estimate of drug-likeness (QED) is 0.129. The van der Waals surface area contributed by atoms with Gasteiger partial charge in [0.2, 0.25) is 5.91 Å². The molecule has 10 nitrogen and oxygen atoms in total. The van der Waals surface area contributed by atoms with E-state index < -0.39 is 23.6 Å². The van der Waals surface area contributed by atoms with E-state index >= 15 is 0 Å². The van der Waals surface area contributed by atoms with Crippen LogP contribution in [-0.4, -0.2) is 75.3 Å². The van der Waals surface area contributed by atoms with Crippen molar-refractivity contribution in [3.05, 3.63) is 23.8 Å². The lowest BCUT2D eigenvalue weighted by atomic mass is 9.70. The van der Waals surface area contributed by atoms with E-state index in [4.69, 9.17) is 30.4 Å². The summed E-state index contributed by atoms with van der Waals surface area (Å²) in [6.45, 7) is 13.3. The van der Waals surface area contributed by atoms with E-state index in [0.717, 1.165) is 31.2 Å². The third kappa shape index (κ3) is 12.0. The molecule has 6 N–H and O–H groups in total. The molecule has 0 heterocycles. The Morgan fingerprint density at radius 1 is 1.00 bits per heavy atom. The van der Waals surface area contributed by atoms with Crippen molar-refractivity contribution < 1.29 is 33.6 Å². The minimum Gasteiger partial charge on any atom is -0.493 e. The van der Waals surface area contributed by atoms with Crippen molar-refractivity contribution in [3.8, 4) is 11.5 Å². The Bertz CT molecular complexity index is 1040. The number of nitrogens with two attached hydrogens (primary N) is 2. The van der Waals surface area contributed by atoms with E-state index in [1.807, 2.05) is 45.9 Å². The van der Waals surface area contributed by atoms with Gasteiger partial charge in [-0.2, -0.15) is 0 Å². The van der Waals surface area contributed by atoms with E-state index in [0.29, 0.717) is 49.9 Å². The van der Waals surface area contributed by atoms with Gasteiger partial charge in [0, 0.05) is 38.1 Å². The van der Waals surface area contributed by atoms with Crippen LogP contribution in [0, 0.1) is 29.1 Å². The van der Waals surface area contributed by atoms with Gasteiger partial charge in [0.15, 0.2) is 11.5 Å². The maximum atomic E-state index is 13.3. The molecular weight excluding hydrogens is 574 g/mol. The Morgan fingerprint density at radius 2 is 1.67 bits per heavy atom. The zero-order valence-electron chi connectivity index (χ0n) is 29.0. The van der Waals surface area contributed by atoms with Crippen molar-refractivity contribution in [2.45, 2.75) is 111 Å². The van der Waals surface area contributed by atoms with Crippen LogP contribution in [0.2, 0.25) is 0 Å². The topological polar surface area (TPSA) is 155 Å². The molecule has 0 bridgehead atoms. The minimum absolute atomic E-state index is 0.0226. The van der Waals surface area contributed by atoms with Gasteiger partial charge in [0.1, 0.15) is 12.1 Å². The highest BCUT2D eigenvalue weighted by Crippen LogP contribution is 2.39. The third-order valence-corrected chi connectivity index (χ3v) is 9.51. The van der Waals surface area contributed by atoms with Gasteiger partial charge in [0.05, 0.1) is 19.8 Å². The first kappa shape index (κ1) is 38.8. The van der Waals surface area contributed by atoms with Gasteiger partial charge < -0.3 is 40.8 Å². The Morgan fingerprint density at radius 3 is 2.24 bits per heavy atom. The molecule has 10 heteroatoms. The molecule has 258 valence electrons. The smallest absolute Gasteiger partial charge is 0.323 e. The summed E-state index contributed by atoms with van der Waals surface area (Å²) in [4.78, 5) is 25.6. The van der Waals surface area contributed by atoms with Gasteiger partial charge >= 0.3 is 5.97 Å². The number of aliphatic hydroxyl groups excluding tert-OH is 1. The second kappa shape index (κ2) is 18.7. The van der Waals surface area contributed by atoms with E-state index in [1.54, 1.807) is 14.2 Å². The number of hydrogen-bond acceptors (Lipinski definition) is 9. The van der Waals surface area contributed by atoms with Crippen LogP contribution >= 0.6 is 0 Å². The molecule has 0 saturated heterocycles. The summed E-state index contributed by atoms with van der Waals surface area (Å²) < 4.78 is 22.2. The highest BCUT2D eigenvalue weighted by Gasteiger charge is 2.40. The first-order chi connectivity index (χ1) is 21.2. The number of carbonyl (C=O) groups excluding carboxylic acids is 2. The zero-order chi connectivity index (χ0) is 33.7. The van der Waals surface area contributed by atoms with Crippen molar-refractivity contribution in [1.82, 2.24) is 5.32 Å². The lowest BCUT2D eigenvalue weighted by molar-refractivity contribution is -0.155. The van der Waals surface area contributed by atoms with Crippen LogP contribution in [-0.2, 0) is 25.5 Å². The largest absolute Gasteiger partial charge is 0.493 e. The monoisotopic (exact) mass is 635 g/mol.